The van der Waals surface area contributed by atoms with Crippen LogP contribution in [0.1, 0.15) is 33.1 Å². The molecule has 0 aliphatic rings. The quantitative estimate of drug-likeness (QED) is 0.630. The normalized spacial score (nSPS) is 10.4. The summed E-state index contributed by atoms with van der Waals surface area (Å²) >= 11 is 1.18. The van der Waals surface area contributed by atoms with Crippen molar-refractivity contribution < 1.29 is 14.3 Å². The minimum absolute atomic E-state index is 0.00846. The molecule has 0 aromatic rings. The van der Waals surface area contributed by atoms with Crippen molar-refractivity contribution in [1.29, 1.82) is 0 Å². The molecule has 0 spiro atoms. The highest BCUT2D eigenvalue weighted by molar-refractivity contribution is 8.12. The summed E-state index contributed by atoms with van der Waals surface area (Å²) in [6, 6.07) is 0. The molecule has 0 radical (unpaired) electrons. The molecule has 106 valence electrons. The number of rotatable bonds is 9. The van der Waals surface area contributed by atoms with E-state index in [0.717, 1.165) is 19.3 Å². The first-order chi connectivity index (χ1) is 8.56. The predicted molar refractivity (Wildman–Crippen MR) is 74.9 cm³/mol. The summed E-state index contributed by atoms with van der Waals surface area (Å²) in [6.07, 6.45) is 4.67. The molecule has 0 atom stereocenters. The summed E-state index contributed by atoms with van der Waals surface area (Å²) < 4.78 is 5.18. The van der Waals surface area contributed by atoms with Gasteiger partial charge in [0.25, 0.3) is 5.24 Å². The van der Waals surface area contributed by atoms with Gasteiger partial charge in [0.2, 0.25) is 5.91 Å². The van der Waals surface area contributed by atoms with Crippen LogP contribution >= 0.6 is 11.8 Å². The van der Waals surface area contributed by atoms with Gasteiger partial charge in [-0.3, -0.25) is 9.59 Å². The van der Waals surface area contributed by atoms with Crippen LogP contribution in [0.2, 0.25) is 0 Å². The Balaban J connectivity index is 3.25. The van der Waals surface area contributed by atoms with E-state index in [1.54, 1.807) is 6.26 Å². The van der Waals surface area contributed by atoms with Crippen LogP contribution in [0.3, 0.4) is 0 Å². The fraction of sp³-hybridized carbons (Fsp3) is 0.833. The Kier molecular flexibility index (Phi) is 10.9. The predicted octanol–water partition coefficient (Wildman–Crippen LogP) is 1.77. The van der Waals surface area contributed by atoms with Crippen LogP contribution in [0, 0.1) is 0 Å². The Morgan fingerprint density at radius 1 is 1.11 bits per heavy atom. The number of carbonyl (C=O) groups excluding carboxylic acids is 2. The van der Waals surface area contributed by atoms with Gasteiger partial charge in [-0.1, -0.05) is 11.8 Å². The molecule has 5 nitrogen and oxygen atoms in total. The van der Waals surface area contributed by atoms with Gasteiger partial charge in [0.15, 0.2) is 0 Å². The minimum Gasteiger partial charge on any atom is -0.369 e. The zero-order chi connectivity index (χ0) is 13.8. The Bertz CT molecular complexity index is 247. The molecule has 6 heteroatoms. The van der Waals surface area contributed by atoms with Crippen molar-refractivity contribution in [1.82, 2.24) is 10.6 Å². The van der Waals surface area contributed by atoms with Gasteiger partial charge in [0.1, 0.15) is 6.61 Å². The molecular weight excluding hydrogens is 252 g/mol. The van der Waals surface area contributed by atoms with Crippen molar-refractivity contribution in [3.8, 4) is 0 Å². The molecule has 0 aromatic heterocycles. The van der Waals surface area contributed by atoms with E-state index in [2.05, 4.69) is 10.6 Å². The maximum Gasteiger partial charge on any atom is 0.278 e. The van der Waals surface area contributed by atoms with Crippen molar-refractivity contribution in [2.45, 2.75) is 39.2 Å². The molecule has 0 unspecified atom stereocenters. The molecule has 0 saturated heterocycles. The molecule has 0 rings (SSSR count). The lowest BCUT2D eigenvalue weighted by atomic mass is 10.2. The van der Waals surface area contributed by atoms with Crippen LogP contribution in [0.15, 0.2) is 0 Å². The number of thioether (sulfide) groups is 1. The monoisotopic (exact) mass is 276 g/mol. The minimum atomic E-state index is -0.0700. The number of hydrogen-bond donors (Lipinski definition) is 2. The van der Waals surface area contributed by atoms with E-state index in [0.29, 0.717) is 13.1 Å². The zero-order valence-corrected chi connectivity index (χ0v) is 12.3. The fourth-order valence-electron chi connectivity index (χ4n) is 1.21. The summed E-state index contributed by atoms with van der Waals surface area (Å²) in [5.41, 5.74) is 0. The van der Waals surface area contributed by atoms with Crippen molar-refractivity contribution in [2.24, 2.45) is 0 Å². The molecule has 0 bridgehead atoms. The largest absolute Gasteiger partial charge is 0.369 e. The lowest BCUT2D eigenvalue weighted by molar-refractivity contribution is -0.127. The third-order valence-electron chi connectivity index (χ3n) is 2.18. The van der Waals surface area contributed by atoms with Crippen LogP contribution in [0.25, 0.3) is 0 Å². The lowest BCUT2D eigenvalue weighted by Crippen LogP contribution is -2.29. The van der Waals surface area contributed by atoms with E-state index in [4.69, 9.17) is 4.74 Å². The standard InChI is InChI=1S/C12H24N2O3S/c1-10(2)17-9-11(15)13-7-5-4-6-8-14-12(16)18-3/h10H,4-9H2,1-3H3,(H,13,15)(H,14,16). The van der Waals surface area contributed by atoms with Gasteiger partial charge in [-0.25, -0.2) is 0 Å². The number of carbonyl (C=O) groups is 2. The SMILES string of the molecule is CSC(=O)NCCCCCNC(=O)COC(C)C. The van der Waals surface area contributed by atoms with Crippen molar-refractivity contribution in [3.63, 3.8) is 0 Å². The van der Waals surface area contributed by atoms with Crippen LogP contribution in [-0.2, 0) is 9.53 Å². The molecule has 18 heavy (non-hydrogen) atoms. The molecule has 2 N–H and O–H groups in total. The molecule has 2 amide bonds. The highest BCUT2D eigenvalue weighted by atomic mass is 32.2. The molecular formula is C12H24N2O3S. The highest BCUT2D eigenvalue weighted by Gasteiger charge is 2.02. The van der Waals surface area contributed by atoms with E-state index < -0.39 is 0 Å². The van der Waals surface area contributed by atoms with E-state index in [1.807, 2.05) is 13.8 Å². The second-order valence-electron chi connectivity index (χ2n) is 4.19. The van der Waals surface area contributed by atoms with Crippen LogP contribution in [-0.4, -0.2) is 43.2 Å². The Hall–Kier alpha value is -0.750. The number of hydrogen-bond acceptors (Lipinski definition) is 4. The highest BCUT2D eigenvalue weighted by Crippen LogP contribution is 1.96. The maximum absolute atomic E-state index is 11.3. The summed E-state index contributed by atoms with van der Waals surface area (Å²) in [7, 11) is 0. The average Bonchev–Trinajstić information content (AvgIpc) is 2.34. The van der Waals surface area contributed by atoms with Gasteiger partial charge in [0, 0.05) is 13.1 Å². The Morgan fingerprint density at radius 3 is 2.28 bits per heavy atom. The van der Waals surface area contributed by atoms with Gasteiger partial charge in [-0.2, -0.15) is 0 Å². The van der Waals surface area contributed by atoms with Crippen molar-refractivity contribution in [2.75, 3.05) is 26.0 Å². The van der Waals surface area contributed by atoms with Crippen LogP contribution in [0.4, 0.5) is 4.79 Å². The summed E-state index contributed by atoms with van der Waals surface area (Å²) in [4.78, 5) is 22.2. The smallest absolute Gasteiger partial charge is 0.278 e. The third kappa shape index (κ3) is 11.7. The summed E-state index contributed by atoms with van der Waals surface area (Å²) in [6.45, 7) is 5.29. The number of unbranched alkanes of at least 4 members (excludes halogenated alkanes) is 2. The van der Waals surface area contributed by atoms with Crippen molar-refractivity contribution >= 4 is 22.9 Å². The first-order valence-electron chi connectivity index (χ1n) is 6.26. The third-order valence-corrected chi connectivity index (χ3v) is 2.69. The van der Waals surface area contributed by atoms with Gasteiger partial charge < -0.3 is 15.4 Å². The van der Waals surface area contributed by atoms with Gasteiger partial charge >= 0.3 is 0 Å². The number of nitrogens with one attached hydrogen (secondary N) is 2. The molecule has 0 saturated carbocycles. The second-order valence-corrected chi connectivity index (χ2v) is 4.97. The summed E-state index contributed by atoms with van der Waals surface area (Å²) in [5.74, 6) is -0.0700. The van der Waals surface area contributed by atoms with Gasteiger partial charge in [-0.05, 0) is 39.4 Å². The van der Waals surface area contributed by atoms with E-state index >= 15 is 0 Å². The van der Waals surface area contributed by atoms with Gasteiger partial charge in [0.05, 0.1) is 6.10 Å². The second kappa shape index (κ2) is 11.3. The Labute approximate surface area is 113 Å². The first kappa shape index (κ1) is 17.2. The summed E-state index contributed by atoms with van der Waals surface area (Å²) in [5, 5.41) is 5.58. The van der Waals surface area contributed by atoms with E-state index in [1.165, 1.54) is 11.8 Å². The molecule has 0 aromatic carbocycles. The zero-order valence-electron chi connectivity index (χ0n) is 11.5. The molecule has 0 aliphatic heterocycles. The number of amides is 2. The topological polar surface area (TPSA) is 67.4 Å². The first-order valence-corrected chi connectivity index (χ1v) is 7.49. The van der Waals surface area contributed by atoms with Gasteiger partial charge in [-0.15, -0.1) is 0 Å². The average molecular weight is 276 g/mol. The van der Waals surface area contributed by atoms with Crippen molar-refractivity contribution in [3.05, 3.63) is 0 Å². The molecule has 0 aliphatic carbocycles. The maximum atomic E-state index is 11.3. The van der Waals surface area contributed by atoms with E-state index in [-0.39, 0.29) is 23.9 Å². The fourth-order valence-corrected chi connectivity index (χ4v) is 1.46. The number of ether oxygens (including phenoxy) is 1. The van der Waals surface area contributed by atoms with E-state index in [9.17, 15) is 9.59 Å². The van der Waals surface area contributed by atoms with Crippen LogP contribution < -0.4 is 10.6 Å². The lowest BCUT2D eigenvalue weighted by Gasteiger charge is -2.08. The Morgan fingerprint density at radius 2 is 1.72 bits per heavy atom. The molecule has 0 fully saturated rings. The molecule has 0 heterocycles. The van der Waals surface area contributed by atoms with Crippen LogP contribution in [0.5, 0.6) is 0 Å².